The number of carboxylic acids is 1. The van der Waals surface area contributed by atoms with Crippen molar-refractivity contribution in [2.45, 2.75) is 43.9 Å². The molecule has 1 aromatic carbocycles. The van der Waals surface area contributed by atoms with Crippen molar-refractivity contribution in [3.63, 3.8) is 0 Å². The Balaban J connectivity index is 1.75. The smallest absolute Gasteiger partial charge is 0.306 e. The fourth-order valence-corrected chi connectivity index (χ4v) is 4.39. The van der Waals surface area contributed by atoms with Gasteiger partial charge in [0, 0.05) is 13.1 Å². The first-order chi connectivity index (χ1) is 12.3. The molecule has 0 unspecified atom stereocenters. The van der Waals surface area contributed by atoms with E-state index in [0.717, 1.165) is 18.4 Å². The Morgan fingerprint density at radius 3 is 2.35 bits per heavy atom. The number of aliphatic carboxylic acids is 1. The van der Waals surface area contributed by atoms with Crippen molar-refractivity contribution in [2.24, 2.45) is 5.92 Å². The third-order valence-corrected chi connectivity index (χ3v) is 6.48. The van der Waals surface area contributed by atoms with Gasteiger partial charge in [-0.1, -0.05) is 17.7 Å². The van der Waals surface area contributed by atoms with Gasteiger partial charge in [0.15, 0.2) is 0 Å². The molecule has 0 aromatic heterocycles. The van der Waals surface area contributed by atoms with Crippen LogP contribution in [0.15, 0.2) is 29.2 Å². The van der Waals surface area contributed by atoms with Crippen molar-refractivity contribution < 1.29 is 27.9 Å². The highest BCUT2D eigenvalue weighted by Crippen LogP contribution is 2.25. The Bertz CT molecular complexity index is 721. The number of carbonyl (C=O) groups is 2. The van der Waals surface area contributed by atoms with Crippen LogP contribution in [0.25, 0.3) is 0 Å². The number of esters is 1. The summed E-state index contributed by atoms with van der Waals surface area (Å²) < 4.78 is 31.8. The largest absolute Gasteiger partial charge is 0.481 e. The third-order valence-electron chi connectivity index (χ3n) is 4.56. The molecule has 0 aliphatic carbocycles. The molecule has 7 nitrogen and oxygen atoms in total. The zero-order valence-corrected chi connectivity index (χ0v) is 15.7. The highest BCUT2D eigenvalue weighted by molar-refractivity contribution is 7.89. The molecule has 0 amide bonds. The second-order valence-electron chi connectivity index (χ2n) is 6.56. The van der Waals surface area contributed by atoms with E-state index in [0.29, 0.717) is 30.3 Å². The summed E-state index contributed by atoms with van der Waals surface area (Å²) in [6.45, 7) is 3.06. The van der Waals surface area contributed by atoms with Crippen LogP contribution in [-0.2, 0) is 24.3 Å². The van der Waals surface area contributed by atoms with Gasteiger partial charge >= 0.3 is 11.9 Å². The molecule has 8 heteroatoms. The minimum absolute atomic E-state index is 0.122. The molecule has 2 rings (SSSR count). The minimum atomic E-state index is -3.46. The summed E-state index contributed by atoms with van der Waals surface area (Å²) in [4.78, 5) is 22.1. The van der Waals surface area contributed by atoms with Crippen molar-refractivity contribution in [3.05, 3.63) is 29.8 Å². The number of hydrogen-bond acceptors (Lipinski definition) is 5. The summed E-state index contributed by atoms with van der Waals surface area (Å²) in [5.41, 5.74) is 1.01. The monoisotopic (exact) mass is 383 g/mol. The molecular weight excluding hydrogens is 358 g/mol. The Kier molecular flexibility index (Phi) is 7.16. The number of hydrogen-bond donors (Lipinski definition) is 1. The first-order valence-corrected chi connectivity index (χ1v) is 10.2. The van der Waals surface area contributed by atoms with Gasteiger partial charge in [0.05, 0.1) is 24.3 Å². The molecule has 1 saturated heterocycles. The molecule has 144 valence electrons. The number of piperidine rings is 1. The van der Waals surface area contributed by atoms with Crippen molar-refractivity contribution in [1.29, 1.82) is 0 Å². The lowest BCUT2D eigenvalue weighted by molar-refractivity contribution is -0.148. The van der Waals surface area contributed by atoms with Crippen LogP contribution in [0.3, 0.4) is 0 Å². The van der Waals surface area contributed by atoms with Crippen molar-refractivity contribution >= 4 is 22.0 Å². The molecule has 0 atom stereocenters. The quantitative estimate of drug-likeness (QED) is 0.691. The number of nitrogens with zero attached hydrogens (tertiary/aromatic N) is 1. The van der Waals surface area contributed by atoms with E-state index >= 15 is 0 Å². The van der Waals surface area contributed by atoms with Crippen molar-refractivity contribution in [3.8, 4) is 0 Å². The van der Waals surface area contributed by atoms with Crippen molar-refractivity contribution in [1.82, 2.24) is 4.31 Å². The Morgan fingerprint density at radius 1 is 1.15 bits per heavy atom. The lowest BCUT2D eigenvalue weighted by Gasteiger charge is -2.31. The lowest BCUT2D eigenvalue weighted by Crippen LogP contribution is -2.38. The summed E-state index contributed by atoms with van der Waals surface area (Å²) in [5.74, 6) is -1.23. The molecule has 1 aliphatic rings. The molecule has 0 spiro atoms. The summed E-state index contributed by atoms with van der Waals surface area (Å²) >= 11 is 0. The Labute approximate surface area is 154 Å². The maximum atomic E-state index is 12.6. The Hall–Kier alpha value is -1.93. The van der Waals surface area contributed by atoms with Gasteiger partial charge in [0.1, 0.15) is 0 Å². The van der Waals surface area contributed by atoms with Gasteiger partial charge in [-0.05, 0) is 44.2 Å². The molecule has 1 aromatic rings. The van der Waals surface area contributed by atoms with Crippen LogP contribution in [0.2, 0.25) is 0 Å². The predicted octanol–water partition coefficient (Wildman–Crippen LogP) is 2.19. The average Bonchev–Trinajstić information content (AvgIpc) is 2.61. The van der Waals surface area contributed by atoms with Crippen molar-refractivity contribution in [2.75, 3.05) is 19.7 Å². The SMILES string of the molecule is Cc1ccc(S(=O)(=O)N2CCC(CCOC(=O)CCC(=O)O)CC2)cc1. The third kappa shape index (κ3) is 5.81. The number of carboxylic acid groups (broad SMARTS) is 1. The van der Waals surface area contributed by atoms with Gasteiger partial charge in [-0.15, -0.1) is 0 Å². The number of aryl methyl sites for hydroxylation is 1. The fraction of sp³-hybridized carbons (Fsp3) is 0.556. The molecule has 0 saturated carbocycles. The second kappa shape index (κ2) is 9.14. The molecule has 26 heavy (non-hydrogen) atoms. The first-order valence-electron chi connectivity index (χ1n) is 8.73. The molecule has 1 fully saturated rings. The van der Waals surface area contributed by atoms with E-state index in [2.05, 4.69) is 0 Å². The van der Waals surface area contributed by atoms with Gasteiger partial charge in [0.25, 0.3) is 0 Å². The lowest BCUT2D eigenvalue weighted by atomic mass is 9.95. The number of rotatable bonds is 8. The summed E-state index contributed by atoms with van der Waals surface area (Å²) in [5, 5.41) is 8.52. The van der Waals surface area contributed by atoms with Gasteiger partial charge < -0.3 is 9.84 Å². The topological polar surface area (TPSA) is 101 Å². The number of benzene rings is 1. The number of sulfonamides is 1. The highest BCUT2D eigenvalue weighted by atomic mass is 32.2. The van der Waals surface area contributed by atoms with E-state index in [9.17, 15) is 18.0 Å². The summed E-state index contributed by atoms with van der Waals surface area (Å²) in [6, 6.07) is 6.84. The van der Waals surface area contributed by atoms with E-state index in [-0.39, 0.29) is 19.4 Å². The molecule has 0 radical (unpaired) electrons. The zero-order chi connectivity index (χ0) is 19.2. The van der Waals surface area contributed by atoms with E-state index in [1.807, 2.05) is 6.92 Å². The second-order valence-corrected chi connectivity index (χ2v) is 8.50. The van der Waals surface area contributed by atoms with Gasteiger partial charge in [-0.2, -0.15) is 4.31 Å². The maximum absolute atomic E-state index is 12.6. The van der Waals surface area contributed by atoms with Crippen LogP contribution in [0, 0.1) is 12.8 Å². The van der Waals surface area contributed by atoms with Gasteiger partial charge in [0.2, 0.25) is 10.0 Å². The van der Waals surface area contributed by atoms with E-state index < -0.39 is 22.0 Å². The van der Waals surface area contributed by atoms with Gasteiger partial charge in [-0.3, -0.25) is 9.59 Å². The van der Waals surface area contributed by atoms with Crippen LogP contribution in [0.4, 0.5) is 0 Å². The molecule has 1 heterocycles. The zero-order valence-electron chi connectivity index (χ0n) is 14.9. The van der Waals surface area contributed by atoms with Crippen LogP contribution in [0.5, 0.6) is 0 Å². The number of carbonyl (C=O) groups excluding carboxylic acids is 1. The van der Waals surface area contributed by atoms with E-state index in [4.69, 9.17) is 9.84 Å². The summed E-state index contributed by atoms with van der Waals surface area (Å²) in [6.07, 6.45) is 1.75. The summed E-state index contributed by atoms with van der Waals surface area (Å²) in [7, 11) is -3.46. The first kappa shape index (κ1) is 20.4. The highest BCUT2D eigenvalue weighted by Gasteiger charge is 2.29. The normalized spacial score (nSPS) is 16.3. The van der Waals surface area contributed by atoms with Crippen LogP contribution < -0.4 is 0 Å². The van der Waals surface area contributed by atoms with Crippen LogP contribution >= 0.6 is 0 Å². The average molecular weight is 383 g/mol. The maximum Gasteiger partial charge on any atom is 0.306 e. The molecule has 0 bridgehead atoms. The predicted molar refractivity (Wildman–Crippen MR) is 95.1 cm³/mol. The standard InChI is InChI=1S/C18H25NO6S/c1-14-2-4-16(5-3-14)26(23,24)19-11-8-15(9-12-19)10-13-25-18(22)7-6-17(20)21/h2-5,15H,6-13H2,1H3,(H,20,21). The fourth-order valence-electron chi connectivity index (χ4n) is 2.92. The molecule has 1 N–H and O–H groups in total. The van der Waals surface area contributed by atoms with Gasteiger partial charge in [-0.25, -0.2) is 8.42 Å². The van der Waals surface area contributed by atoms with E-state index in [1.54, 1.807) is 24.3 Å². The molecule has 1 aliphatic heterocycles. The Morgan fingerprint density at radius 2 is 1.77 bits per heavy atom. The molecular formula is C18H25NO6S. The van der Waals surface area contributed by atoms with Crippen LogP contribution in [-0.4, -0.2) is 49.5 Å². The van der Waals surface area contributed by atoms with E-state index in [1.165, 1.54) is 4.31 Å². The van der Waals surface area contributed by atoms with Crippen LogP contribution in [0.1, 0.15) is 37.7 Å². The minimum Gasteiger partial charge on any atom is -0.481 e. The number of ether oxygens (including phenoxy) is 1.